The van der Waals surface area contributed by atoms with Gasteiger partial charge in [0.25, 0.3) is 0 Å². The van der Waals surface area contributed by atoms with Crippen LogP contribution in [0.1, 0.15) is 38.1 Å². The maximum absolute atomic E-state index is 12.3. The van der Waals surface area contributed by atoms with E-state index >= 15 is 0 Å². The van der Waals surface area contributed by atoms with Gasteiger partial charge < -0.3 is 10.1 Å². The normalized spacial score (nSPS) is 12.0. The van der Waals surface area contributed by atoms with E-state index < -0.39 is 6.36 Å². The molecule has 11 heteroatoms. The highest BCUT2D eigenvalue weighted by Gasteiger charge is 2.31. The van der Waals surface area contributed by atoms with Gasteiger partial charge in [0, 0.05) is 12.2 Å². The summed E-state index contributed by atoms with van der Waals surface area (Å²) in [6, 6.07) is 13.4. The van der Waals surface area contributed by atoms with E-state index in [9.17, 15) is 13.2 Å². The summed E-state index contributed by atoms with van der Waals surface area (Å²) in [7, 11) is 0. The number of hydrogen-bond acceptors (Lipinski definition) is 5. The van der Waals surface area contributed by atoms with E-state index in [4.69, 9.17) is 12.2 Å². The minimum absolute atomic E-state index is 0.300. The van der Waals surface area contributed by atoms with Gasteiger partial charge >= 0.3 is 6.36 Å². The molecule has 0 atom stereocenters. The lowest BCUT2D eigenvalue weighted by Crippen LogP contribution is -2.41. The molecular weight excluding hydrogens is 465 g/mol. The summed E-state index contributed by atoms with van der Waals surface area (Å²) in [5.41, 5.74) is 9.62. The molecule has 0 aliphatic carbocycles. The molecule has 1 heterocycles. The number of thiocarbonyl (C=S) groups is 1. The average Bonchev–Trinajstić information content (AvgIpc) is 3.21. The molecule has 0 spiro atoms. The molecule has 3 N–H and O–H groups in total. The van der Waals surface area contributed by atoms with Gasteiger partial charge in [-0.1, -0.05) is 37.6 Å². The lowest BCUT2D eigenvalue weighted by atomic mass is 10.0. The van der Waals surface area contributed by atoms with E-state index in [2.05, 4.69) is 50.9 Å². The number of nitrogens with one attached hydrogen (secondary N) is 3. The zero-order chi connectivity index (χ0) is 24.7. The molecule has 0 radical (unpaired) electrons. The van der Waals surface area contributed by atoms with Crippen molar-refractivity contribution in [1.29, 1.82) is 0 Å². The van der Waals surface area contributed by atoms with Crippen LogP contribution in [0.3, 0.4) is 0 Å². The smallest absolute Gasteiger partial charge is 0.406 e. The molecule has 0 fully saturated rings. The Morgan fingerprint density at radius 1 is 1.15 bits per heavy atom. The third kappa shape index (κ3) is 7.56. The van der Waals surface area contributed by atoms with Gasteiger partial charge in [0.05, 0.1) is 5.69 Å². The van der Waals surface area contributed by atoms with Crippen LogP contribution in [0.15, 0.2) is 60.4 Å². The van der Waals surface area contributed by atoms with Crippen molar-refractivity contribution >= 4 is 29.1 Å². The Morgan fingerprint density at radius 3 is 2.53 bits per heavy atom. The Hall–Kier alpha value is -3.44. The predicted octanol–water partition coefficient (Wildman–Crippen LogP) is 5.18. The van der Waals surface area contributed by atoms with Gasteiger partial charge in [0.15, 0.2) is 10.9 Å². The van der Waals surface area contributed by atoms with Crippen molar-refractivity contribution in [3.05, 3.63) is 71.8 Å². The number of halogens is 3. The van der Waals surface area contributed by atoms with Crippen LogP contribution in [0.2, 0.25) is 0 Å². The number of nitrogens with zero attached hydrogens (tertiary/aromatic N) is 3. The first kappa shape index (κ1) is 25.2. The van der Waals surface area contributed by atoms with Gasteiger partial charge in [-0.05, 0) is 67.0 Å². The summed E-state index contributed by atoms with van der Waals surface area (Å²) >= 11 is 5.36. The molecule has 0 saturated heterocycles. The minimum Gasteiger partial charge on any atom is -0.406 e. The van der Waals surface area contributed by atoms with E-state index in [1.165, 1.54) is 40.8 Å². The first-order chi connectivity index (χ1) is 16.1. The fraction of sp³-hybridized carbons (Fsp3) is 0.261. The molecule has 34 heavy (non-hydrogen) atoms. The Balaban J connectivity index is 1.51. The Bertz CT molecular complexity index is 1140. The monoisotopic (exact) mass is 490 g/mol. The third-order valence-electron chi connectivity index (χ3n) is 4.62. The van der Waals surface area contributed by atoms with Crippen LogP contribution >= 0.6 is 12.2 Å². The van der Waals surface area contributed by atoms with Crippen LogP contribution in [0, 0.1) is 0 Å². The fourth-order valence-electron chi connectivity index (χ4n) is 3.07. The van der Waals surface area contributed by atoms with E-state index in [0.717, 1.165) is 11.3 Å². The van der Waals surface area contributed by atoms with Crippen molar-refractivity contribution < 1.29 is 17.9 Å². The topological polar surface area (TPSA) is 76.0 Å². The molecule has 0 saturated carbocycles. The second-order valence-electron chi connectivity index (χ2n) is 7.75. The number of alkyl halides is 3. The molecule has 0 unspecified atom stereocenters. The maximum Gasteiger partial charge on any atom is 0.573 e. The number of ether oxygens (including phenoxy) is 1. The highest BCUT2D eigenvalue weighted by atomic mass is 32.1. The summed E-state index contributed by atoms with van der Waals surface area (Å²) in [6.45, 7) is 6.63. The molecule has 7 nitrogen and oxygen atoms in total. The SMILES string of the molecule is C/C(=C\c1ncn(-c2ccc(OC(F)(F)F)cc2)n1)CNNC(=S)Nc1ccccc1C(C)C. The summed E-state index contributed by atoms with van der Waals surface area (Å²) in [5, 5.41) is 7.97. The number of rotatable bonds is 8. The Kier molecular flexibility index (Phi) is 8.24. The van der Waals surface area contributed by atoms with E-state index in [0.29, 0.717) is 29.1 Å². The molecule has 0 aliphatic rings. The second kappa shape index (κ2) is 11.1. The van der Waals surface area contributed by atoms with Gasteiger partial charge in [0.1, 0.15) is 12.1 Å². The number of benzene rings is 2. The van der Waals surface area contributed by atoms with Crippen LogP contribution in [-0.4, -0.2) is 32.8 Å². The first-order valence-electron chi connectivity index (χ1n) is 10.4. The quantitative estimate of drug-likeness (QED) is 0.297. The highest BCUT2D eigenvalue weighted by Crippen LogP contribution is 2.24. The van der Waals surface area contributed by atoms with Crippen molar-refractivity contribution in [2.24, 2.45) is 0 Å². The molecule has 3 rings (SSSR count). The van der Waals surface area contributed by atoms with Crippen LogP contribution in [0.5, 0.6) is 5.75 Å². The summed E-state index contributed by atoms with van der Waals surface area (Å²) in [4.78, 5) is 4.22. The molecule has 0 bridgehead atoms. The highest BCUT2D eigenvalue weighted by molar-refractivity contribution is 7.80. The molecular formula is C23H25F3N6OS. The zero-order valence-corrected chi connectivity index (χ0v) is 19.7. The number of hydrogen-bond donors (Lipinski definition) is 3. The van der Waals surface area contributed by atoms with Crippen molar-refractivity contribution in [3.63, 3.8) is 0 Å². The Morgan fingerprint density at radius 2 is 1.85 bits per heavy atom. The van der Waals surface area contributed by atoms with Crippen molar-refractivity contribution in [1.82, 2.24) is 25.6 Å². The number of aromatic nitrogens is 3. The number of para-hydroxylation sites is 1. The largest absolute Gasteiger partial charge is 0.573 e. The number of anilines is 1. The van der Waals surface area contributed by atoms with E-state index in [1.54, 1.807) is 6.08 Å². The number of hydrazine groups is 1. The summed E-state index contributed by atoms with van der Waals surface area (Å²) < 4.78 is 42.2. The van der Waals surface area contributed by atoms with E-state index in [1.807, 2.05) is 25.1 Å². The minimum atomic E-state index is -4.73. The standard InChI is InChI=1S/C23H25F3N6OS/c1-15(2)19-6-4-5-7-20(19)29-22(34)30-28-13-16(3)12-21-27-14-32(31-21)17-8-10-18(11-9-17)33-23(24,25)26/h4-12,14-15,28H,13H2,1-3H3,(H2,29,30,34)/b16-12+. The van der Waals surface area contributed by atoms with Crippen LogP contribution < -0.4 is 20.9 Å². The average molecular weight is 491 g/mol. The zero-order valence-electron chi connectivity index (χ0n) is 18.8. The third-order valence-corrected chi connectivity index (χ3v) is 4.82. The van der Waals surface area contributed by atoms with Gasteiger partial charge in [-0.25, -0.2) is 15.1 Å². The van der Waals surface area contributed by atoms with Gasteiger partial charge in [0.2, 0.25) is 0 Å². The van der Waals surface area contributed by atoms with Crippen LogP contribution in [-0.2, 0) is 0 Å². The van der Waals surface area contributed by atoms with E-state index in [-0.39, 0.29) is 5.75 Å². The van der Waals surface area contributed by atoms with Crippen molar-refractivity contribution in [2.45, 2.75) is 33.1 Å². The predicted molar refractivity (Wildman–Crippen MR) is 130 cm³/mol. The van der Waals surface area contributed by atoms with Gasteiger partial charge in [-0.3, -0.25) is 5.43 Å². The molecule has 1 aromatic heterocycles. The van der Waals surface area contributed by atoms with Crippen LogP contribution in [0.4, 0.5) is 18.9 Å². The maximum atomic E-state index is 12.3. The summed E-state index contributed by atoms with van der Waals surface area (Å²) in [5.74, 6) is 0.524. The van der Waals surface area contributed by atoms with Gasteiger partial charge in [-0.15, -0.1) is 18.3 Å². The second-order valence-corrected chi connectivity index (χ2v) is 8.16. The van der Waals surface area contributed by atoms with Crippen molar-refractivity contribution in [2.75, 3.05) is 11.9 Å². The molecule has 2 aromatic carbocycles. The molecule has 3 aromatic rings. The molecule has 0 aliphatic heterocycles. The lowest BCUT2D eigenvalue weighted by Gasteiger charge is -2.16. The first-order valence-corrected chi connectivity index (χ1v) is 10.9. The fourth-order valence-corrected chi connectivity index (χ4v) is 3.25. The lowest BCUT2D eigenvalue weighted by molar-refractivity contribution is -0.274. The van der Waals surface area contributed by atoms with Gasteiger partial charge in [-0.2, -0.15) is 0 Å². The van der Waals surface area contributed by atoms with Crippen molar-refractivity contribution in [3.8, 4) is 11.4 Å². The van der Waals surface area contributed by atoms with Crippen LogP contribution in [0.25, 0.3) is 11.8 Å². The molecule has 180 valence electrons. The molecule has 0 amide bonds. The summed E-state index contributed by atoms with van der Waals surface area (Å²) in [6.07, 6.45) is -1.46. The Labute approximate surface area is 201 Å².